The fourth-order valence-electron chi connectivity index (χ4n) is 1.74. The summed E-state index contributed by atoms with van der Waals surface area (Å²) in [6.07, 6.45) is 0.810. The smallest absolute Gasteiger partial charge is 0.269 e. The average Bonchev–Trinajstić information content (AvgIpc) is 2.58. The molecule has 0 aliphatic rings. The highest BCUT2D eigenvalue weighted by Crippen LogP contribution is 2.25. The van der Waals surface area contributed by atoms with Crippen LogP contribution in [0.25, 0.3) is 0 Å². The second-order valence-electron chi connectivity index (χ2n) is 5.12. The van der Waals surface area contributed by atoms with E-state index in [9.17, 15) is 14.9 Å². The van der Waals surface area contributed by atoms with Crippen LogP contribution in [0.4, 0.5) is 5.69 Å². The summed E-state index contributed by atoms with van der Waals surface area (Å²) in [5.41, 5.74) is 2.72. The molecule has 1 rings (SSSR count). The minimum atomic E-state index is -0.458. The first kappa shape index (κ1) is 21.1. The van der Waals surface area contributed by atoms with Crippen LogP contribution < -0.4 is 10.7 Å². The number of nitro benzene ring substituents is 1. The molecular formula is C15H22N4O4S2. The maximum Gasteiger partial charge on any atom is 0.269 e. The van der Waals surface area contributed by atoms with Crippen molar-refractivity contribution in [3.63, 3.8) is 0 Å². The summed E-state index contributed by atoms with van der Waals surface area (Å²) in [5, 5.41) is 15.1. The van der Waals surface area contributed by atoms with Crippen molar-refractivity contribution in [2.45, 2.75) is 23.5 Å². The van der Waals surface area contributed by atoms with E-state index >= 15 is 0 Å². The van der Waals surface area contributed by atoms with Gasteiger partial charge in [0, 0.05) is 44.3 Å². The predicted octanol–water partition coefficient (Wildman–Crippen LogP) is 1.95. The Morgan fingerprint density at radius 1 is 1.44 bits per heavy atom. The van der Waals surface area contributed by atoms with Crippen LogP contribution in [0, 0.1) is 10.1 Å². The van der Waals surface area contributed by atoms with Gasteiger partial charge in [-0.25, -0.2) is 0 Å². The first-order chi connectivity index (χ1) is 11.8. The lowest BCUT2D eigenvalue weighted by molar-refractivity contribution is -0.384. The lowest BCUT2D eigenvalue weighted by atomic mass is 10.3. The van der Waals surface area contributed by atoms with Crippen LogP contribution >= 0.6 is 24.0 Å². The quantitative estimate of drug-likeness (QED) is 0.230. The Labute approximate surface area is 156 Å². The highest BCUT2D eigenvalue weighted by molar-refractivity contribution is 8.00. The number of non-ortho nitro benzene ring substituents is 1. The van der Waals surface area contributed by atoms with Gasteiger partial charge in [-0.2, -0.15) is 0 Å². The van der Waals surface area contributed by atoms with Crippen LogP contribution in [0.2, 0.25) is 0 Å². The van der Waals surface area contributed by atoms with Crippen molar-refractivity contribution in [2.75, 3.05) is 27.3 Å². The average molecular weight is 386 g/mol. The minimum Gasteiger partial charge on any atom is -0.385 e. The first-order valence-corrected chi connectivity index (χ1v) is 8.86. The zero-order chi connectivity index (χ0) is 18.8. The molecule has 1 atom stereocenters. The van der Waals surface area contributed by atoms with Gasteiger partial charge >= 0.3 is 0 Å². The number of methoxy groups -OCH3 is 1. The molecule has 0 aliphatic heterocycles. The maximum atomic E-state index is 12.2. The molecule has 138 valence electrons. The summed E-state index contributed by atoms with van der Waals surface area (Å²) in [7, 11) is 3.29. The van der Waals surface area contributed by atoms with Gasteiger partial charge in [0.15, 0.2) is 5.11 Å². The van der Waals surface area contributed by atoms with Crippen LogP contribution in [0.15, 0.2) is 29.2 Å². The number of amides is 1. The van der Waals surface area contributed by atoms with Gasteiger partial charge in [0.05, 0.1) is 10.2 Å². The summed E-state index contributed by atoms with van der Waals surface area (Å²) in [4.78, 5) is 23.2. The summed E-state index contributed by atoms with van der Waals surface area (Å²) in [5.74, 6) is -0.216. The molecule has 8 nitrogen and oxygen atoms in total. The van der Waals surface area contributed by atoms with Crippen molar-refractivity contribution >= 4 is 40.7 Å². The highest BCUT2D eigenvalue weighted by atomic mass is 32.2. The first-order valence-electron chi connectivity index (χ1n) is 7.57. The Kier molecular flexibility index (Phi) is 9.17. The number of thioether (sulfide) groups is 1. The van der Waals surface area contributed by atoms with Crippen LogP contribution in [-0.4, -0.2) is 53.5 Å². The second kappa shape index (κ2) is 10.9. The molecule has 1 amide bonds. The predicted molar refractivity (Wildman–Crippen MR) is 101 cm³/mol. The maximum absolute atomic E-state index is 12.2. The van der Waals surface area contributed by atoms with Crippen LogP contribution in [0.1, 0.15) is 13.3 Å². The molecule has 0 heterocycles. The van der Waals surface area contributed by atoms with Crippen molar-refractivity contribution in [3.8, 4) is 0 Å². The van der Waals surface area contributed by atoms with Crippen LogP contribution in [-0.2, 0) is 9.53 Å². The van der Waals surface area contributed by atoms with Gasteiger partial charge in [0.2, 0.25) is 0 Å². The SMILES string of the molecule is COCCCNC(=S)N(C)NC(=O)[C@H](C)Sc1ccc([N+](=O)[O-])cc1. The summed E-state index contributed by atoms with van der Waals surface area (Å²) in [6, 6.07) is 6.08. The Balaban J connectivity index is 2.44. The van der Waals surface area contributed by atoms with Crippen molar-refractivity contribution < 1.29 is 14.5 Å². The number of rotatable bonds is 8. The van der Waals surface area contributed by atoms with Crippen molar-refractivity contribution in [1.29, 1.82) is 0 Å². The van der Waals surface area contributed by atoms with Gasteiger partial charge in [-0.3, -0.25) is 25.3 Å². The van der Waals surface area contributed by atoms with Gasteiger partial charge in [-0.05, 0) is 37.7 Å². The van der Waals surface area contributed by atoms with Gasteiger partial charge in [-0.15, -0.1) is 11.8 Å². The molecule has 2 N–H and O–H groups in total. The molecule has 0 fully saturated rings. The zero-order valence-corrected chi connectivity index (χ0v) is 16.0. The number of hydrazine groups is 1. The Hall–Kier alpha value is -1.91. The number of benzene rings is 1. The van der Waals surface area contributed by atoms with Crippen molar-refractivity contribution in [2.24, 2.45) is 0 Å². The molecular weight excluding hydrogens is 364 g/mol. The molecule has 0 aromatic heterocycles. The lowest BCUT2D eigenvalue weighted by Crippen LogP contribution is -2.50. The van der Waals surface area contributed by atoms with E-state index < -0.39 is 4.92 Å². The molecule has 1 aromatic carbocycles. The third-order valence-corrected chi connectivity index (χ3v) is 4.64. The lowest BCUT2D eigenvalue weighted by Gasteiger charge is -2.23. The van der Waals surface area contributed by atoms with Crippen LogP contribution in [0.3, 0.4) is 0 Å². The number of nitrogens with zero attached hydrogens (tertiary/aromatic N) is 2. The molecule has 0 saturated heterocycles. The molecule has 25 heavy (non-hydrogen) atoms. The van der Waals surface area contributed by atoms with Crippen molar-refractivity contribution in [1.82, 2.24) is 15.8 Å². The summed E-state index contributed by atoms with van der Waals surface area (Å²) < 4.78 is 4.95. The van der Waals surface area contributed by atoms with Crippen LogP contribution in [0.5, 0.6) is 0 Å². The third kappa shape index (κ3) is 7.67. The van der Waals surface area contributed by atoms with Crippen molar-refractivity contribution in [3.05, 3.63) is 34.4 Å². The largest absolute Gasteiger partial charge is 0.385 e. The number of nitrogens with one attached hydrogen (secondary N) is 2. The number of nitro groups is 1. The summed E-state index contributed by atoms with van der Waals surface area (Å²) >= 11 is 6.50. The van der Waals surface area contributed by atoms with Gasteiger partial charge in [0.1, 0.15) is 0 Å². The molecule has 0 spiro atoms. The minimum absolute atomic E-state index is 0.0195. The number of carbonyl (C=O) groups excluding carboxylic acids is 1. The number of ether oxygens (including phenoxy) is 1. The number of thiocarbonyl (C=S) groups is 1. The Morgan fingerprint density at radius 3 is 2.64 bits per heavy atom. The zero-order valence-electron chi connectivity index (χ0n) is 14.4. The van der Waals surface area contributed by atoms with E-state index in [4.69, 9.17) is 17.0 Å². The highest BCUT2D eigenvalue weighted by Gasteiger charge is 2.17. The van der Waals surface area contributed by atoms with E-state index in [-0.39, 0.29) is 16.8 Å². The Morgan fingerprint density at radius 2 is 2.08 bits per heavy atom. The second-order valence-corrected chi connectivity index (χ2v) is 6.93. The van der Waals surface area contributed by atoms with E-state index in [1.165, 1.54) is 28.9 Å². The molecule has 0 aliphatic carbocycles. The van der Waals surface area contributed by atoms with E-state index in [0.717, 1.165) is 11.3 Å². The summed E-state index contributed by atoms with van der Waals surface area (Å²) in [6.45, 7) is 3.04. The molecule has 0 radical (unpaired) electrons. The topological polar surface area (TPSA) is 96.7 Å². The number of carbonyl (C=O) groups is 1. The van der Waals surface area contributed by atoms with E-state index in [2.05, 4.69) is 10.7 Å². The molecule has 0 saturated carbocycles. The number of hydrogen-bond donors (Lipinski definition) is 2. The molecule has 0 bridgehead atoms. The fraction of sp³-hybridized carbons (Fsp3) is 0.467. The normalized spacial score (nSPS) is 11.5. The molecule has 0 unspecified atom stereocenters. The molecule has 1 aromatic rings. The fourth-order valence-corrected chi connectivity index (χ4v) is 2.75. The standard InChI is InChI=1S/C15H22N4O4S2/c1-11(25-13-7-5-12(6-8-13)19(21)22)14(20)17-18(2)15(24)16-9-4-10-23-3/h5-8,11H,4,9-10H2,1-3H3,(H,16,24)(H,17,20)/t11-/m0/s1. The van der Waals surface area contributed by atoms with E-state index in [1.54, 1.807) is 33.2 Å². The van der Waals surface area contributed by atoms with E-state index in [1.807, 2.05) is 0 Å². The van der Waals surface area contributed by atoms with Gasteiger partial charge in [0.25, 0.3) is 11.6 Å². The number of hydrogen-bond acceptors (Lipinski definition) is 6. The monoisotopic (exact) mass is 386 g/mol. The third-order valence-electron chi connectivity index (χ3n) is 3.11. The molecule has 10 heteroatoms. The Bertz CT molecular complexity index is 598. The van der Waals surface area contributed by atoms with Gasteiger partial charge < -0.3 is 10.1 Å². The van der Waals surface area contributed by atoms with Gasteiger partial charge in [-0.1, -0.05) is 0 Å². The van der Waals surface area contributed by atoms with E-state index in [0.29, 0.717) is 18.3 Å².